The lowest BCUT2D eigenvalue weighted by atomic mass is 9.79. The fourth-order valence-corrected chi connectivity index (χ4v) is 2.90. The van der Waals surface area contributed by atoms with E-state index in [-0.39, 0.29) is 5.41 Å². The van der Waals surface area contributed by atoms with Crippen LogP contribution in [0.1, 0.15) is 29.8 Å². The summed E-state index contributed by atoms with van der Waals surface area (Å²) in [6, 6.07) is 19.1. The highest BCUT2D eigenvalue weighted by molar-refractivity contribution is 9.10. The Labute approximate surface area is 126 Å². The van der Waals surface area contributed by atoms with E-state index < -0.39 is 0 Å². The minimum atomic E-state index is 0.0507. The van der Waals surface area contributed by atoms with E-state index in [1.807, 2.05) is 0 Å². The molecule has 1 unspecified atom stereocenters. The molecule has 94 valence electrons. The number of rotatable bonds is 3. The van der Waals surface area contributed by atoms with Gasteiger partial charge in [0.1, 0.15) is 0 Å². The van der Waals surface area contributed by atoms with Crippen molar-refractivity contribution in [1.29, 1.82) is 0 Å². The van der Waals surface area contributed by atoms with Crippen molar-refractivity contribution in [3.63, 3.8) is 0 Å². The number of halogens is 2. The molecule has 2 heteroatoms. The minimum absolute atomic E-state index is 0.0507. The molecule has 2 rings (SSSR count). The lowest BCUT2D eigenvalue weighted by molar-refractivity contribution is 0.517. The maximum atomic E-state index is 3.85. The molecule has 1 atom stereocenters. The summed E-state index contributed by atoms with van der Waals surface area (Å²) in [5, 5.41) is 0. The normalized spacial score (nSPS) is 13.3. The molecule has 0 aromatic heterocycles. The maximum Gasteiger partial charge on any atom is 0.0486 e. The number of hydrogen-bond donors (Lipinski definition) is 0. The van der Waals surface area contributed by atoms with Crippen LogP contribution in [0.25, 0.3) is 0 Å². The first-order valence-electron chi connectivity index (χ1n) is 5.97. The first-order valence-corrected chi connectivity index (χ1v) is 7.68. The first-order chi connectivity index (χ1) is 8.51. The van der Waals surface area contributed by atoms with Gasteiger partial charge in [-0.3, -0.25) is 0 Å². The fraction of sp³-hybridized carbons (Fsp3) is 0.250. The zero-order valence-corrected chi connectivity index (χ0v) is 13.7. The van der Waals surface area contributed by atoms with Crippen molar-refractivity contribution in [3.8, 4) is 0 Å². The Bertz CT molecular complexity index is 500. The number of alkyl halides is 1. The molecule has 0 N–H and O–H groups in total. The third-order valence-electron chi connectivity index (χ3n) is 3.31. The van der Waals surface area contributed by atoms with E-state index in [0.717, 1.165) is 4.47 Å². The number of hydrogen-bond acceptors (Lipinski definition) is 0. The minimum Gasteiger partial charge on any atom is -0.0829 e. The Morgan fingerprint density at radius 3 is 2.00 bits per heavy atom. The maximum absolute atomic E-state index is 3.85. The van der Waals surface area contributed by atoms with Gasteiger partial charge in [-0.1, -0.05) is 88.2 Å². The van der Waals surface area contributed by atoms with E-state index in [0.29, 0.717) is 4.83 Å². The van der Waals surface area contributed by atoms with E-state index in [1.165, 1.54) is 11.1 Å². The Morgan fingerprint density at radius 1 is 0.889 bits per heavy atom. The van der Waals surface area contributed by atoms with Gasteiger partial charge in [-0.15, -0.1) is 0 Å². The van der Waals surface area contributed by atoms with E-state index in [9.17, 15) is 0 Å². The molecule has 0 aliphatic rings. The molecule has 0 aliphatic heterocycles. The van der Waals surface area contributed by atoms with Crippen LogP contribution >= 0.6 is 31.9 Å². The molecule has 0 nitrogen and oxygen atoms in total. The summed E-state index contributed by atoms with van der Waals surface area (Å²) in [5.41, 5.74) is 2.69. The molecule has 0 fully saturated rings. The highest BCUT2D eigenvalue weighted by Gasteiger charge is 2.30. The molecule has 0 amide bonds. The van der Waals surface area contributed by atoms with Crippen LogP contribution < -0.4 is 0 Å². The molecule has 0 saturated carbocycles. The van der Waals surface area contributed by atoms with E-state index >= 15 is 0 Å². The topological polar surface area (TPSA) is 0 Å². The van der Waals surface area contributed by atoms with Crippen molar-refractivity contribution in [3.05, 3.63) is 70.2 Å². The summed E-state index contributed by atoms with van der Waals surface area (Å²) in [4.78, 5) is 0.292. The van der Waals surface area contributed by atoms with Crippen LogP contribution in [0.4, 0.5) is 0 Å². The summed E-state index contributed by atoms with van der Waals surface area (Å²) in [7, 11) is 0. The lowest BCUT2D eigenvalue weighted by Gasteiger charge is -2.31. The van der Waals surface area contributed by atoms with E-state index in [4.69, 9.17) is 0 Å². The Kier molecular flexibility index (Phi) is 4.29. The Morgan fingerprint density at radius 2 is 1.44 bits per heavy atom. The van der Waals surface area contributed by atoms with Gasteiger partial charge in [-0.2, -0.15) is 0 Å². The summed E-state index contributed by atoms with van der Waals surface area (Å²) in [6.07, 6.45) is 0. The molecular formula is C16H16Br2. The molecule has 0 bridgehead atoms. The van der Waals surface area contributed by atoms with Gasteiger partial charge >= 0.3 is 0 Å². The fourth-order valence-electron chi connectivity index (χ4n) is 2.06. The molecular weight excluding hydrogens is 352 g/mol. The Hall–Kier alpha value is -0.600. The van der Waals surface area contributed by atoms with Gasteiger partial charge in [0.25, 0.3) is 0 Å². The van der Waals surface area contributed by atoms with Crippen molar-refractivity contribution >= 4 is 31.9 Å². The molecule has 0 radical (unpaired) electrons. The van der Waals surface area contributed by atoms with Crippen LogP contribution in [0, 0.1) is 0 Å². The van der Waals surface area contributed by atoms with Gasteiger partial charge in [0, 0.05) is 14.7 Å². The van der Waals surface area contributed by atoms with E-state index in [1.54, 1.807) is 0 Å². The smallest absolute Gasteiger partial charge is 0.0486 e. The zero-order chi connectivity index (χ0) is 13.2. The molecule has 0 heterocycles. The second-order valence-electron chi connectivity index (χ2n) is 5.00. The third-order valence-corrected chi connectivity index (χ3v) is 5.52. The summed E-state index contributed by atoms with van der Waals surface area (Å²) >= 11 is 7.33. The van der Waals surface area contributed by atoms with Crippen molar-refractivity contribution in [2.45, 2.75) is 24.1 Å². The number of benzene rings is 2. The molecule has 0 aliphatic carbocycles. The van der Waals surface area contributed by atoms with Gasteiger partial charge in [0.2, 0.25) is 0 Å². The second-order valence-corrected chi connectivity index (χ2v) is 6.83. The largest absolute Gasteiger partial charge is 0.0829 e. The average molecular weight is 368 g/mol. The molecule has 18 heavy (non-hydrogen) atoms. The van der Waals surface area contributed by atoms with E-state index in [2.05, 4.69) is 100 Å². The summed E-state index contributed by atoms with van der Waals surface area (Å²) in [6.45, 7) is 4.54. The molecule has 0 spiro atoms. The average Bonchev–Trinajstić information content (AvgIpc) is 2.40. The van der Waals surface area contributed by atoms with Gasteiger partial charge in [0.15, 0.2) is 0 Å². The van der Waals surface area contributed by atoms with Crippen molar-refractivity contribution in [2.24, 2.45) is 0 Å². The van der Waals surface area contributed by atoms with Gasteiger partial charge in [0.05, 0.1) is 0 Å². The van der Waals surface area contributed by atoms with Gasteiger partial charge in [-0.25, -0.2) is 0 Å². The third kappa shape index (κ3) is 2.86. The SMILES string of the molecule is CC(C)(c1ccccc1)C(Br)c1ccc(Br)cc1. The standard InChI is InChI=1S/C16H16Br2/c1-16(2,13-6-4-3-5-7-13)15(18)12-8-10-14(17)11-9-12/h3-11,15H,1-2H3. The van der Waals surface area contributed by atoms with Crippen LogP contribution in [0.2, 0.25) is 0 Å². The lowest BCUT2D eigenvalue weighted by Crippen LogP contribution is -2.23. The van der Waals surface area contributed by atoms with Gasteiger partial charge in [-0.05, 0) is 23.3 Å². The van der Waals surface area contributed by atoms with Crippen LogP contribution in [0.15, 0.2) is 59.1 Å². The summed E-state index contributed by atoms with van der Waals surface area (Å²) < 4.78 is 1.11. The van der Waals surface area contributed by atoms with Gasteiger partial charge < -0.3 is 0 Å². The molecule has 0 saturated heterocycles. The zero-order valence-electron chi connectivity index (χ0n) is 10.5. The predicted molar refractivity (Wildman–Crippen MR) is 85.3 cm³/mol. The molecule has 2 aromatic carbocycles. The Balaban J connectivity index is 2.32. The molecule has 2 aromatic rings. The van der Waals surface area contributed by atoms with Crippen LogP contribution in [-0.4, -0.2) is 0 Å². The predicted octanol–water partition coefficient (Wildman–Crippen LogP) is 5.86. The first kappa shape index (κ1) is 13.8. The highest BCUT2D eigenvalue weighted by Crippen LogP contribution is 2.42. The van der Waals surface area contributed by atoms with Crippen LogP contribution in [0.3, 0.4) is 0 Å². The van der Waals surface area contributed by atoms with Crippen LogP contribution in [-0.2, 0) is 5.41 Å². The monoisotopic (exact) mass is 366 g/mol. The van der Waals surface area contributed by atoms with Crippen molar-refractivity contribution < 1.29 is 0 Å². The summed E-state index contributed by atoms with van der Waals surface area (Å²) in [5.74, 6) is 0. The quantitative estimate of drug-likeness (QED) is 0.595. The van der Waals surface area contributed by atoms with Crippen LogP contribution in [0.5, 0.6) is 0 Å². The van der Waals surface area contributed by atoms with Crippen molar-refractivity contribution in [1.82, 2.24) is 0 Å². The second kappa shape index (κ2) is 5.58. The van der Waals surface area contributed by atoms with Crippen molar-refractivity contribution in [2.75, 3.05) is 0 Å². The highest BCUT2D eigenvalue weighted by atomic mass is 79.9.